The fourth-order valence-electron chi connectivity index (χ4n) is 1.27. The number of hydrogen-bond donors (Lipinski definition) is 0. The summed E-state index contributed by atoms with van der Waals surface area (Å²) in [6, 6.07) is 8.30. The first-order chi connectivity index (χ1) is 8.31. The lowest BCUT2D eigenvalue weighted by atomic mass is 10.2. The Kier molecular flexibility index (Phi) is 3.13. The Morgan fingerprint density at radius 2 is 1.94 bits per heavy atom. The van der Waals surface area contributed by atoms with Crippen LogP contribution in [-0.2, 0) is 0 Å². The van der Waals surface area contributed by atoms with Crippen molar-refractivity contribution in [2.45, 2.75) is 0 Å². The number of carbonyl (C=O) groups excluding carboxylic acids is 1. The van der Waals surface area contributed by atoms with Crippen molar-refractivity contribution in [1.29, 1.82) is 0 Å². The maximum Gasteiger partial charge on any atom is 0.208 e. The summed E-state index contributed by atoms with van der Waals surface area (Å²) in [5.41, 5.74) is 1.01. The van der Waals surface area contributed by atoms with E-state index in [0.717, 1.165) is 6.29 Å². The number of benzene rings is 1. The van der Waals surface area contributed by atoms with Crippen molar-refractivity contribution in [3.05, 3.63) is 59.7 Å². The van der Waals surface area contributed by atoms with Crippen LogP contribution in [0.4, 0.5) is 5.69 Å². The molecule has 82 valence electrons. The first kappa shape index (κ1) is 10.8. The summed E-state index contributed by atoms with van der Waals surface area (Å²) in [4.78, 5) is 17.6. The molecule has 0 fully saturated rings. The molecule has 0 bridgehead atoms. The molecule has 17 heavy (non-hydrogen) atoms. The largest absolute Gasteiger partial charge is 0.457 e. The Morgan fingerprint density at radius 1 is 1.18 bits per heavy atom. The van der Waals surface area contributed by atoms with Crippen LogP contribution in [0.2, 0.25) is 0 Å². The van der Waals surface area contributed by atoms with Gasteiger partial charge in [0, 0.05) is 11.8 Å². The predicted octanol–water partition coefficient (Wildman–Crippen LogP) is 3.24. The Bertz CT molecular complexity index is 571. The molecule has 0 amide bonds. The van der Waals surface area contributed by atoms with Gasteiger partial charge < -0.3 is 4.74 Å². The summed E-state index contributed by atoms with van der Waals surface area (Å²) >= 11 is 0. The molecule has 0 aliphatic heterocycles. The SMILES string of the molecule is [C-]#[N+]c1cncc(Oc2ccc(C=O)cc2)c1. The molecule has 4 heteroatoms. The highest BCUT2D eigenvalue weighted by Crippen LogP contribution is 2.24. The Hall–Kier alpha value is -2.67. The van der Waals surface area contributed by atoms with E-state index in [1.54, 1.807) is 30.3 Å². The summed E-state index contributed by atoms with van der Waals surface area (Å²) in [5.74, 6) is 1.09. The molecular weight excluding hydrogens is 216 g/mol. The van der Waals surface area contributed by atoms with Crippen LogP contribution in [0.5, 0.6) is 11.5 Å². The maximum absolute atomic E-state index is 10.5. The van der Waals surface area contributed by atoms with Crippen LogP contribution in [0.3, 0.4) is 0 Å². The second-order valence-corrected chi connectivity index (χ2v) is 3.28. The number of aromatic nitrogens is 1. The van der Waals surface area contributed by atoms with E-state index < -0.39 is 0 Å². The summed E-state index contributed by atoms with van der Waals surface area (Å²) in [5, 5.41) is 0. The Balaban J connectivity index is 2.19. The molecule has 0 N–H and O–H groups in total. The number of ether oxygens (including phenoxy) is 1. The third kappa shape index (κ3) is 2.67. The van der Waals surface area contributed by atoms with Gasteiger partial charge in [0.1, 0.15) is 17.8 Å². The zero-order valence-corrected chi connectivity index (χ0v) is 8.83. The second kappa shape index (κ2) is 4.90. The highest BCUT2D eigenvalue weighted by atomic mass is 16.5. The average molecular weight is 224 g/mol. The molecule has 0 saturated carbocycles. The van der Waals surface area contributed by atoms with Crippen LogP contribution >= 0.6 is 0 Å². The highest BCUT2D eigenvalue weighted by molar-refractivity contribution is 5.74. The van der Waals surface area contributed by atoms with Gasteiger partial charge in [-0.15, -0.1) is 0 Å². The average Bonchev–Trinajstić information content (AvgIpc) is 2.40. The number of rotatable bonds is 3. The van der Waals surface area contributed by atoms with E-state index in [1.807, 2.05) is 0 Å². The van der Waals surface area contributed by atoms with E-state index in [4.69, 9.17) is 11.3 Å². The minimum absolute atomic E-state index is 0.423. The number of nitrogens with zero attached hydrogens (tertiary/aromatic N) is 2. The van der Waals surface area contributed by atoms with Crippen LogP contribution in [0.1, 0.15) is 10.4 Å². The molecule has 0 aliphatic carbocycles. The molecule has 1 heterocycles. The van der Waals surface area contributed by atoms with Crippen molar-refractivity contribution in [2.24, 2.45) is 0 Å². The normalized spacial score (nSPS) is 9.35. The molecule has 4 nitrogen and oxygen atoms in total. The van der Waals surface area contributed by atoms with Crippen molar-refractivity contribution in [3.8, 4) is 11.5 Å². The van der Waals surface area contributed by atoms with Gasteiger partial charge in [-0.1, -0.05) is 0 Å². The molecule has 2 aromatic rings. The van der Waals surface area contributed by atoms with Gasteiger partial charge in [0.2, 0.25) is 5.69 Å². The Morgan fingerprint density at radius 3 is 2.59 bits per heavy atom. The molecule has 1 aromatic carbocycles. The maximum atomic E-state index is 10.5. The molecule has 0 aliphatic rings. The molecule has 0 unspecified atom stereocenters. The van der Waals surface area contributed by atoms with E-state index in [-0.39, 0.29) is 0 Å². The van der Waals surface area contributed by atoms with Crippen molar-refractivity contribution in [1.82, 2.24) is 4.98 Å². The molecule has 0 spiro atoms. The lowest BCUT2D eigenvalue weighted by Crippen LogP contribution is -1.85. The summed E-state index contributed by atoms with van der Waals surface area (Å²) in [7, 11) is 0. The first-order valence-electron chi connectivity index (χ1n) is 4.87. The standard InChI is InChI=1S/C13H8N2O2/c1-14-11-6-13(8-15-7-11)17-12-4-2-10(9-16)3-5-12/h2-9H. The van der Waals surface area contributed by atoms with Crippen molar-refractivity contribution in [3.63, 3.8) is 0 Å². The minimum atomic E-state index is 0.423. The van der Waals surface area contributed by atoms with E-state index in [2.05, 4.69) is 9.83 Å². The highest BCUT2D eigenvalue weighted by Gasteiger charge is 1.99. The van der Waals surface area contributed by atoms with Crippen LogP contribution in [0, 0.1) is 6.57 Å². The van der Waals surface area contributed by atoms with E-state index in [1.165, 1.54) is 12.4 Å². The molecule has 2 rings (SSSR count). The van der Waals surface area contributed by atoms with Gasteiger partial charge in [-0.05, 0) is 30.3 Å². The zero-order valence-electron chi connectivity index (χ0n) is 8.83. The van der Waals surface area contributed by atoms with Crippen molar-refractivity contribution >= 4 is 12.0 Å². The summed E-state index contributed by atoms with van der Waals surface area (Å²) < 4.78 is 5.50. The Labute approximate surface area is 98.3 Å². The lowest BCUT2D eigenvalue weighted by molar-refractivity contribution is 0.112. The second-order valence-electron chi connectivity index (χ2n) is 3.28. The lowest BCUT2D eigenvalue weighted by Gasteiger charge is -2.05. The molecule has 0 radical (unpaired) electrons. The smallest absolute Gasteiger partial charge is 0.208 e. The van der Waals surface area contributed by atoms with Gasteiger partial charge in [0.25, 0.3) is 0 Å². The van der Waals surface area contributed by atoms with Gasteiger partial charge in [0.15, 0.2) is 0 Å². The molecule has 0 saturated heterocycles. The van der Waals surface area contributed by atoms with Crippen LogP contribution < -0.4 is 4.74 Å². The predicted molar refractivity (Wildman–Crippen MR) is 62.4 cm³/mol. The van der Waals surface area contributed by atoms with Crippen LogP contribution in [0.15, 0.2) is 42.7 Å². The minimum Gasteiger partial charge on any atom is -0.457 e. The fourth-order valence-corrected chi connectivity index (χ4v) is 1.27. The van der Waals surface area contributed by atoms with E-state index in [9.17, 15) is 4.79 Å². The van der Waals surface area contributed by atoms with Crippen molar-refractivity contribution < 1.29 is 9.53 Å². The molecule has 0 atom stereocenters. The van der Waals surface area contributed by atoms with Gasteiger partial charge in [-0.2, -0.15) is 0 Å². The van der Waals surface area contributed by atoms with Crippen LogP contribution in [0.25, 0.3) is 4.85 Å². The quantitative estimate of drug-likeness (QED) is 0.593. The van der Waals surface area contributed by atoms with E-state index >= 15 is 0 Å². The summed E-state index contributed by atoms with van der Waals surface area (Å²) in [6.45, 7) is 6.86. The number of pyridine rings is 1. The molecule has 1 aromatic heterocycles. The summed E-state index contributed by atoms with van der Waals surface area (Å²) in [6.07, 6.45) is 3.77. The van der Waals surface area contributed by atoms with Gasteiger partial charge in [0.05, 0.1) is 12.8 Å². The van der Waals surface area contributed by atoms with Gasteiger partial charge in [-0.25, -0.2) is 4.85 Å². The number of carbonyl (C=O) groups is 1. The zero-order chi connectivity index (χ0) is 12.1. The monoisotopic (exact) mass is 224 g/mol. The van der Waals surface area contributed by atoms with Crippen molar-refractivity contribution in [2.75, 3.05) is 0 Å². The van der Waals surface area contributed by atoms with Crippen LogP contribution in [-0.4, -0.2) is 11.3 Å². The number of hydrogen-bond acceptors (Lipinski definition) is 3. The first-order valence-corrected chi connectivity index (χ1v) is 4.87. The third-order valence-corrected chi connectivity index (χ3v) is 2.08. The third-order valence-electron chi connectivity index (χ3n) is 2.08. The molecular formula is C13H8N2O2. The topological polar surface area (TPSA) is 43.5 Å². The van der Waals surface area contributed by atoms with Gasteiger partial charge >= 0.3 is 0 Å². The van der Waals surface area contributed by atoms with Gasteiger partial charge in [-0.3, -0.25) is 9.78 Å². The number of aldehydes is 1. The fraction of sp³-hybridized carbons (Fsp3) is 0. The van der Waals surface area contributed by atoms with E-state index in [0.29, 0.717) is 22.7 Å².